The van der Waals surface area contributed by atoms with E-state index in [1.54, 1.807) is 18.3 Å². The SMILES string of the molecule is O=Cc1cnccc1-c1ccc(C(=O)O)s1. The predicted molar refractivity (Wildman–Crippen MR) is 59.9 cm³/mol. The van der Waals surface area contributed by atoms with E-state index < -0.39 is 5.97 Å². The van der Waals surface area contributed by atoms with Gasteiger partial charge in [0.15, 0.2) is 6.29 Å². The van der Waals surface area contributed by atoms with Crippen LogP contribution in [0.1, 0.15) is 20.0 Å². The fourth-order valence-corrected chi connectivity index (χ4v) is 2.21. The van der Waals surface area contributed by atoms with Crippen molar-refractivity contribution in [1.29, 1.82) is 0 Å². The van der Waals surface area contributed by atoms with Gasteiger partial charge in [0.1, 0.15) is 4.88 Å². The zero-order chi connectivity index (χ0) is 11.5. The Labute approximate surface area is 95.2 Å². The highest BCUT2D eigenvalue weighted by atomic mass is 32.1. The van der Waals surface area contributed by atoms with Gasteiger partial charge in [0.25, 0.3) is 0 Å². The zero-order valence-corrected chi connectivity index (χ0v) is 8.90. The molecule has 0 radical (unpaired) electrons. The average molecular weight is 233 g/mol. The van der Waals surface area contributed by atoms with Crippen molar-refractivity contribution in [2.45, 2.75) is 0 Å². The normalized spacial score (nSPS) is 10.0. The molecule has 0 saturated carbocycles. The summed E-state index contributed by atoms with van der Waals surface area (Å²) in [6.45, 7) is 0. The van der Waals surface area contributed by atoms with E-state index in [2.05, 4.69) is 4.98 Å². The van der Waals surface area contributed by atoms with Crippen molar-refractivity contribution >= 4 is 23.6 Å². The van der Waals surface area contributed by atoms with Gasteiger partial charge in [-0.25, -0.2) is 4.79 Å². The van der Waals surface area contributed by atoms with Gasteiger partial charge >= 0.3 is 5.97 Å². The monoisotopic (exact) mass is 233 g/mol. The Morgan fingerprint density at radius 2 is 2.19 bits per heavy atom. The van der Waals surface area contributed by atoms with Crippen LogP contribution in [0.25, 0.3) is 10.4 Å². The maximum atomic E-state index is 10.8. The van der Waals surface area contributed by atoms with Crippen LogP contribution in [-0.4, -0.2) is 22.3 Å². The van der Waals surface area contributed by atoms with Crippen molar-refractivity contribution in [3.05, 3.63) is 41.0 Å². The Morgan fingerprint density at radius 3 is 2.81 bits per heavy atom. The molecule has 0 saturated heterocycles. The first-order chi connectivity index (χ1) is 7.72. The van der Waals surface area contributed by atoms with Crippen molar-refractivity contribution in [3.8, 4) is 10.4 Å². The molecule has 0 atom stereocenters. The minimum atomic E-state index is -0.960. The van der Waals surface area contributed by atoms with Crippen molar-refractivity contribution in [2.75, 3.05) is 0 Å². The van der Waals surface area contributed by atoms with Gasteiger partial charge in [-0.2, -0.15) is 0 Å². The number of hydrogen-bond donors (Lipinski definition) is 1. The van der Waals surface area contributed by atoms with Gasteiger partial charge in [-0.3, -0.25) is 9.78 Å². The Morgan fingerprint density at radius 1 is 1.38 bits per heavy atom. The second-order valence-corrected chi connectivity index (χ2v) is 4.13. The summed E-state index contributed by atoms with van der Waals surface area (Å²) in [5.74, 6) is -0.960. The number of pyridine rings is 1. The fourth-order valence-electron chi connectivity index (χ4n) is 1.32. The molecule has 0 aromatic carbocycles. The highest BCUT2D eigenvalue weighted by molar-refractivity contribution is 7.17. The topological polar surface area (TPSA) is 67.3 Å². The van der Waals surface area contributed by atoms with Gasteiger partial charge in [0, 0.05) is 28.4 Å². The third-order valence-corrected chi connectivity index (χ3v) is 3.17. The second kappa shape index (κ2) is 4.24. The lowest BCUT2D eigenvalue weighted by Crippen LogP contribution is -1.89. The molecule has 2 aromatic heterocycles. The number of carboxylic acids is 1. The molecule has 4 nitrogen and oxygen atoms in total. The molecule has 2 heterocycles. The number of nitrogens with zero attached hydrogens (tertiary/aromatic N) is 1. The number of rotatable bonds is 3. The van der Waals surface area contributed by atoms with E-state index >= 15 is 0 Å². The van der Waals surface area contributed by atoms with Crippen LogP contribution in [0.2, 0.25) is 0 Å². The summed E-state index contributed by atoms with van der Waals surface area (Å²) in [4.78, 5) is 26.4. The second-order valence-electron chi connectivity index (χ2n) is 3.05. The highest BCUT2D eigenvalue weighted by Gasteiger charge is 2.10. The number of hydrogen-bond acceptors (Lipinski definition) is 4. The molecular formula is C11H7NO3S. The van der Waals surface area contributed by atoms with E-state index in [4.69, 9.17) is 5.11 Å². The minimum absolute atomic E-state index is 0.253. The lowest BCUT2D eigenvalue weighted by Gasteiger charge is -1.99. The van der Waals surface area contributed by atoms with E-state index in [0.717, 1.165) is 16.2 Å². The van der Waals surface area contributed by atoms with Crippen LogP contribution >= 0.6 is 11.3 Å². The summed E-state index contributed by atoms with van der Waals surface area (Å²) >= 11 is 1.14. The number of aldehydes is 1. The van der Waals surface area contributed by atoms with Gasteiger partial charge < -0.3 is 5.11 Å². The van der Waals surface area contributed by atoms with Crippen LogP contribution in [-0.2, 0) is 0 Å². The van der Waals surface area contributed by atoms with Crippen LogP contribution < -0.4 is 0 Å². The number of carboxylic acid groups (broad SMARTS) is 1. The van der Waals surface area contributed by atoms with E-state index in [9.17, 15) is 9.59 Å². The molecule has 1 N–H and O–H groups in total. The van der Waals surface area contributed by atoms with E-state index in [1.807, 2.05) is 0 Å². The molecule has 0 unspecified atom stereocenters. The summed E-state index contributed by atoms with van der Waals surface area (Å²) < 4.78 is 0. The third kappa shape index (κ3) is 1.85. The van der Waals surface area contributed by atoms with E-state index in [-0.39, 0.29) is 4.88 Å². The quantitative estimate of drug-likeness (QED) is 0.826. The number of aromatic carboxylic acids is 1. The first-order valence-corrected chi connectivity index (χ1v) is 5.26. The summed E-state index contributed by atoms with van der Waals surface area (Å²) in [6, 6.07) is 4.91. The number of thiophene rings is 1. The average Bonchev–Trinajstić information content (AvgIpc) is 2.78. The van der Waals surface area contributed by atoms with E-state index in [0.29, 0.717) is 17.4 Å². The van der Waals surface area contributed by atoms with Gasteiger partial charge in [0.05, 0.1) is 0 Å². The Balaban J connectivity index is 2.50. The Kier molecular flexibility index (Phi) is 2.78. The van der Waals surface area contributed by atoms with Crippen LogP contribution in [0.15, 0.2) is 30.6 Å². The molecule has 0 aliphatic heterocycles. The van der Waals surface area contributed by atoms with Gasteiger partial charge in [-0.1, -0.05) is 0 Å². The summed E-state index contributed by atoms with van der Waals surface area (Å²) in [5.41, 5.74) is 1.17. The highest BCUT2D eigenvalue weighted by Crippen LogP contribution is 2.29. The predicted octanol–water partition coefficient (Wildman–Crippen LogP) is 2.32. The summed E-state index contributed by atoms with van der Waals surface area (Å²) in [6.07, 6.45) is 3.74. The van der Waals surface area contributed by atoms with Crippen molar-refractivity contribution in [2.24, 2.45) is 0 Å². The molecular weight excluding hydrogens is 226 g/mol. The molecule has 0 aliphatic rings. The van der Waals surface area contributed by atoms with Crippen LogP contribution in [0.4, 0.5) is 0 Å². The number of aromatic nitrogens is 1. The van der Waals surface area contributed by atoms with Crippen LogP contribution in [0.3, 0.4) is 0 Å². The summed E-state index contributed by atoms with van der Waals surface area (Å²) in [5, 5.41) is 8.80. The molecule has 0 spiro atoms. The summed E-state index contributed by atoms with van der Waals surface area (Å²) in [7, 11) is 0. The lowest BCUT2D eigenvalue weighted by atomic mass is 10.1. The zero-order valence-electron chi connectivity index (χ0n) is 8.08. The van der Waals surface area contributed by atoms with Gasteiger partial charge in [-0.05, 0) is 18.2 Å². The van der Waals surface area contributed by atoms with Crippen molar-refractivity contribution in [1.82, 2.24) is 4.98 Å². The van der Waals surface area contributed by atoms with Crippen molar-refractivity contribution in [3.63, 3.8) is 0 Å². The van der Waals surface area contributed by atoms with Crippen molar-refractivity contribution < 1.29 is 14.7 Å². The largest absolute Gasteiger partial charge is 0.477 e. The molecule has 2 rings (SSSR count). The van der Waals surface area contributed by atoms with Crippen LogP contribution in [0.5, 0.6) is 0 Å². The van der Waals surface area contributed by atoms with E-state index in [1.165, 1.54) is 12.3 Å². The lowest BCUT2D eigenvalue weighted by molar-refractivity contribution is 0.0702. The molecule has 0 aliphatic carbocycles. The van der Waals surface area contributed by atoms with Gasteiger partial charge in [-0.15, -0.1) is 11.3 Å². The minimum Gasteiger partial charge on any atom is -0.477 e. The fraction of sp³-hybridized carbons (Fsp3) is 0. The smallest absolute Gasteiger partial charge is 0.345 e. The first-order valence-electron chi connectivity index (χ1n) is 4.45. The maximum Gasteiger partial charge on any atom is 0.345 e. The molecule has 16 heavy (non-hydrogen) atoms. The molecule has 80 valence electrons. The Hall–Kier alpha value is -2.01. The molecule has 0 amide bonds. The van der Waals surface area contributed by atoms with Gasteiger partial charge in [0.2, 0.25) is 0 Å². The standard InChI is InChI=1S/C11H7NO3S/c13-6-7-5-12-4-3-8(7)9-1-2-10(16-9)11(14)15/h1-6H,(H,14,15). The molecule has 0 bridgehead atoms. The number of carbonyl (C=O) groups excluding carboxylic acids is 1. The number of carbonyl (C=O) groups is 2. The molecule has 2 aromatic rings. The third-order valence-electron chi connectivity index (χ3n) is 2.06. The molecule has 5 heteroatoms. The first kappa shape index (κ1) is 10.5. The maximum absolute atomic E-state index is 10.8. The van der Waals surface area contributed by atoms with Crippen LogP contribution in [0, 0.1) is 0 Å². The Bertz CT molecular complexity index is 548. The molecule has 0 fully saturated rings.